The molecule has 0 aromatic heterocycles. The SMILES string of the molecule is NC1(C(=O)NCCc2ccc(Cl)cc2Cl)CCOCC1. The molecule has 1 heterocycles. The summed E-state index contributed by atoms with van der Waals surface area (Å²) in [6.07, 6.45) is 1.76. The van der Waals surface area contributed by atoms with Crippen LogP contribution in [0.2, 0.25) is 10.0 Å². The van der Waals surface area contributed by atoms with Crippen LogP contribution in [-0.2, 0) is 16.0 Å². The Morgan fingerprint density at radius 2 is 2.05 bits per heavy atom. The number of halogens is 2. The van der Waals surface area contributed by atoms with Gasteiger partial charge in [0.25, 0.3) is 0 Å². The van der Waals surface area contributed by atoms with Crippen molar-refractivity contribution in [3.63, 3.8) is 0 Å². The minimum absolute atomic E-state index is 0.120. The molecule has 6 heteroatoms. The van der Waals surface area contributed by atoms with Crippen molar-refractivity contribution in [1.82, 2.24) is 5.32 Å². The van der Waals surface area contributed by atoms with Crippen molar-refractivity contribution >= 4 is 29.1 Å². The van der Waals surface area contributed by atoms with Crippen LogP contribution in [-0.4, -0.2) is 31.2 Å². The standard InChI is InChI=1S/C14H18Cl2N2O2/c15-11-2-1-10(12(16)9-11)3-6-18-13(19)14(17)4-7-20-8-5-14/h1-2,9H,3-8,17H2,(H,18,19). The predicted molar refractivity (Wildman–Crippen MR) is 80.1 cm³/mol. The number of benzene rings is 1. The number of nitrogens with one attached hydrogen (secondary N) is 1. The highest BCUT2D eigenvalue weighted by Crippen LogP contribution is 2.21. The lowest BCUT2D eigenvalue weighted by Crippen LogP contribution is -2.57. The average Bonchev–Trinajstić information content (AvgIpc) is 2.42. The molecular formula is C14H18Cl2N2O2. The molecule has 0 unspecified atom stereocenters. The molecule has 1 fully saturated rings. The molecule has 20 heavy (non-hydrogen) atoms. The smallest absolute Gasteiger partial charge is 0.240 e. The van der Waals surface area contributed by atoms with Crippen LogP contribution in [0.5, 0.6) is 0 Å². The molecule has 1 saturated heterocycles. The van der Waals surface area contributed by atoms with E-state index in [0.29, 0.717) is 49.1 Å². The number of ether oxygens (including phenoxy) is 1. The maximum Gasteiger partial charge on any atom is 0.240 e. The van der Waals surface area contributed by atoms with Crippen LogP contribution in [0.25, 0.3) is 0 Å². The lowest BCUT2D eigenvalue weighted by Gasteiger charge is -2.31. The first-order chi connectivity index (χ1) is 9.51. The molecule has 1 amide bonds. The molecule has 110 valence electrons. The molecule has 4 nitrogen and oxygen atoms in total. The van der Waals surface area contributed by atoms with Crippen LogP contribution >= 0.6 is 23.2 Å². The Morgan fingerprint density at radius 1 is 1.35 bits per heavy atom. The topological polar surface area (TPSA) is 64.4 Å². The van der Waals surface area contributed by atoms with Gasteiger partial charge in [-0.3, -0.25) is 4.79 Å². The summed E-state index contributed by atoms with van der Waals surface area (Å²) in [5, 5.41) is 4.09. The second-order valence-electron chi connectivity index (χ2n) is 5.01. The number of rotatable bonds is 4. The number of carbonyl (C=O) groups is 1. The Bertz CT molecular complexity index is 488. The van der Waals surface area contributed by atoms with Crippen LogP contribution < -0.4 is 11.1 Å². The number of carbonyl (C=O) groups excluding carboxylic acids is 1. The first-order valence-corrected chi connectivity index (χ1v) is 7.36. The highest BCUT2D eigenvalue weighted by Gasteiger charge is 2.35. The van der Waals surface area contributed by atoms with Gasteiger partial charge in [-0.15, -0.1) is 0 Å². The van der Waals surface area contributed by atoms with E-state index >= 15 is 0 Å². The Kier molecular flexibility index (Phi) is 5.27. The molecule has 1 aromatic carbocycles. The molecule has 1 aliphatic rings. The van der Waals surface area contributed by atoms with E-state index in [9.17, 15) is 4.79 Å². The molecule has 2 rings (SSSR count). The van der Waals surface area contributed by atoms with Crippen LogP contribution in [0.3, 0.4) is 0 Å². The van der Waals surface area contributed by atoms with E-state index in [1.807, 2.05) is 6.07 Å². The maximum absolute atomic E-state index is 12.1. The molecule has 0 aliphatic carbocycles. The summed E-state index contributed by atoms with van der Waals surface area (Å²) in [6, 6.07) is 5.35. The number of nitrogens with two attached hydrogens (primary N) is 1. The Morgan fingerprint density at radius 3 is 2.70 bits per heavy atom. The van der Waals surface area contributed by atoms with Gasteiger partial charge < -0.3 is 15.8 Å². The summed E-state index contributed by atoms with van der Waals surface area (Å²) in [4.78, 5) is 12.1. The average molecular weight is 317 g/mol. The molecule has 0 bridgehead atoms. The van der Waals surface area contributed by atoms with Crippen molar-refractivity contribution in [2.24, 2.45) is 5.73 Å². The van der Waals surface area contributed by atoms with E-state index in [1.54, 1.807) is 12.1 Å². The van der Waals surface area contributed by atoms with Crippen molar-refractivity contribution in [2.45, 2.75) is 24.8 Å². The molecular weight excluding hydrogens is 299 g/mol. The summed E-state index contributed by atoms with van der Waals surface area (Å²) < 4.78 is 5.23. The highest BCUT2D eigenvalue weighted by molar-refractivity contribution is 6.35. The molecule has 1 aromatic rings. The lowest BCUT2D eigenvalue weighted by atomic mass is 9.90. The second kappa shape index (κ2) is 6.76. The molecule has 1 aliphatic heterocycles. The molecule has 0 atom stereocenters. The number of hydrogen-bond donors (Lipinski definition) is 2. The summed E-state index contributed by atoms with van der Waals surface area (Å²) in [6.45, 7) is 1.57. The lowest BCUT2D eigenvalue weighted by molar-refractivity contribution is -0.129. The Labute approximate surface area is 128 Å². The summed E-state index contributed by atoms with van der Waals surface area (Å²) in [5.41, 5.74) is 6.25. The van der Waals surface area contributed by atoms with Gasteiger partial charge in [0, 0.05) is 29.8 Å². The van der Waals surface area contributed by atoms with Crippen molar-refractivity contribution in [1.29, 1.82) is 0 Å². The minimum atomic E-state index is -0.804. The first-order valence-electron chi connectivity index (χ1n) is 6.60. The van der Waals surface area contributed by atoms with E-state index in [2.05, 4.69) is 5.32 Å². The zero-order valence-electron chi connectivity index (χ0n) is 11.1. The second-order valence-corrected chi connectivity index (χ2v) is 5.85. The fraction of sp³-hybridized carbons (Fsp3) is 0.500. The van der Waals surface area contributed by atoms with Crippen LogP contribution in [0.1, 0.15) is 18.4 Å². The van der Waals surface area contributed by atoms with Crippen molar-refractivity contribution in [3.8, 4) is 0 Å². The fourth-order valence-corrected chi connectivity index (χ4v) is 2.68. The van der Waals surface area contributed by atoms with Gasteiger partial charge in [0.1, 0.15) is 0 Å². The van der Waals surface area contributed by atoms with Gasteiger partial charge >= 0.3 is 0 Å². The summed E-state index contributed by atoms with van der Waals surface area (Å²) >= 11 is 11.9. The van der Waals surface area contributed by atoms with Crippen molar-refractivity contribution in [3.05, 3.63) is 33.8 Å². The van der Waals surface area contributed by atoms with Gasteiger partial charge in [-0.25, -0.2) is 0 Å². The molecule has 0 saturated carbocycles. The van der Waals surface area contributed by atoms with Crippen LogP contribution in [0, 0.1) is 0 Å². The van der Waals surface area contributed by atoms with E-state index in [1.165, 1.54) is 0 Å². The monoisotopic (exact) mass is 316 g/mol. The van der Waals surface area contributed by atoms with Gasteiger partial charge in [0.15, 0.2) is 0 Å². The third-order valence-corrected chi connectivity index (χ3v) is 4.12. The Balaban J connectivity index is 1.84. The zero-order chi connectivity index (χ0) is 14.6. The Hall–Kier alpha value is -0.810. The van der Waals surface area contributed by atoms with Gasteiger partial charge in [-0.1, -0.05) is 29.3 Å². The molecule has 3 N–H and O–H groups in total. The van der Waals surface area contributed by atoms with E-state index < -0.39 is 5.54 Å². The van der Waals surface area contributed by atoms with E-state index in [-0.39, 0.29) is 5.91 Å². The molecule has 0 radical (unpaired) electrons. The quantitative estimate of drug-likeness (QED) is 0.894. The van der Waals surface area contributed by atoms with E-state index in [0.717, 1.165) is 5.56 Å². The van der Waals surface area contributed by atoms with Crippen molar-refractivity contribution in [2.75, 3.05) is 19.8 Å². The summed E-state index contributed by atoms with van der Waals surface area (Å²) in [7, 11) is 0. The van der Waals surface area contributed by atoms with E-state index in [4.69, 9.17) is 33.7 Å². The van der Waals surface area contributed by atoms with Gasteiger partial charge in [0.2, 0.25) is 5.91 Å². The highest BCUT2D eigenvalue weighted by atomic mass is 35.5. The number of hydrogen-bond acceptors (Lipinski definition) is 3. The normalized spacial score (nSPS) is 17.8. The van der Waals surface area contributed by atoms with Crippen LogP contribution in [0.15, 0.2) is 18.2 Å². The van der Waals surface area contributed by atoms with Gasteiger partial charge in [-0.2, -0.15) is 0 Å². The zero-order valence-corrected chi connectivity index (χ0v) is 12.6. The fourth-order valence-electron chi connectivity index (χ4n) is 2.17. The largest absolute Gasteiger partial charge is 0.381 e. The van der Waals surface area contributed by atoms with Gasteiger partial charge in [0.05, 0.1) is 5.54 Å². The van der Waals surface area contributed by atoms with Gasteiger partial charge in [-0.05, 0) is 37.0 Å². The minimum Gasteiger partial charge on any atom is -0.381 e. The van der Waals surface area contributed by atoms with Crippen LogP contribution in [0.4, 0.5) is 0 Å². The maximum atomic E-state index is 12.1. The van der Waals surface area contributed by atoms with Crippen molar-refractivity contribution < 1.29 is 9.53 Å². The third kappa shape index (κ3) is 3.85. The summed E-state index contributed by atoms with van der Waals surface area (Å²) in [5.74, 6) is -0.120. The molecule has 0 spiro atoms. The first kappa shape index (κ1) is 15.6. The number of amides is 1. The predicted octanol–water partition coefficient (Wildman–Crippen LogP) is 2.16. The third-order valence-electron chi connectivity index (χ3n) is 3.53.